The second-order valence-electron chi connectivity index (χ2n) is 9.58. The van der Waals surface area contributed by atoms with Crippen LogP contribution in [0.25, 0.3) is 33.4 Å². The minimum atomic E-state index is -0.129. The smallest absolute Gasteiger partial charge is 0.280 e. The van der Waals surface area contributed by atoms with Crippen LogP contribution in [0, 0.1) is 12.3 Å². The number of hydrogen-bond acceptors (Lipinski definition) is 4. The molecular weight excluding hydrogens is 422 g/mol. The largest absolute Gasteiger partial charge is 0.396 e. The van der Waals surface area contributed by atoms with Crippen LogP contribution in [0.3, 0.4) is 0 Å². The van der Waals surface area contributed by atoms with Crippen molar-refractivity contribution >= 4 is 16.6 Å². The quantitative estimate of drug-likeness (QED) is 0.363. The van der Waals surface area contributed by atoms with Crippen molar-refractivity contribution in [3.8, 4) is 16.8 Å². The van der Waals surface area contributed by atoms with Crippen LogP contribution < -0.4 is 9.72 Å². The van der Waals surface area contributed by atoms with Gasteiger partial charge in [0.05, 0.1) is 17.1 Å². The maximum Gasteiger partial charge on any atom is 0.280 e. The van der Waals surface area contributed by atoms with Crippen molar-refractivity contribution in [2.75, 3.05) is 13.2 Å². The van der Waals surface area contributed by atoms with Crippen LogP contribution in [0.1, 0.15) is 25.2 Å². The van der Waals surface area contributed by atoms with E-state index in [9.17, 15) is 5.11 Å². The molecular formula is C28H30N5O+. The fourth-order valence-corrected chi connectivity index (χ4v) is 4.17. The van der Waals surface area contributed by atoms with Gasteiger partial charge in [-0.2, -0.15) is 0 Å². The monoisotopic (exact) mass is 452 g/mol. The summed E-state index contributed by atoms with van der Waals surface area (Å²) < 4.78 is 4.12. The maximum atomic E-state index is 9.44. The minimum Gasteiger partial charge on any atom is -0.396 e. The zero-order chi connectivity index (χ0) is 23.7. The Morgan fingerprint density at radius 1 is 1.00 bits per heavy atom. The second kappa shape index (κ2) is 8.97. The van der Waals surface area contributed by atoms with Crippen molar-refractivity contribution in [2.45, 2.75) is 27.3 Å². The van der Waals surface area contributed by atoms with Crippen molar-refractivity contribution < 1.29 is 9.51 Å². The molecule has 5 aromatic rings. The average molecular weight is 453 g/mol. The zero-order valence-electron chi connectivity index (χ0n) is 19.9. The van der Waals surface area contributed by atoms with Crippen LogP contribution in [-0.4, -0.2) is 33.0 Å². The summed E-state index contributed by atoms with van der Waals surface area (Å²) >= 11 is 0. The number of fused-ring (bicyclic) bond motifs is 3. The Labute approximate surface area is 199 Å². The summed E-state index contributed by atoms with van der Waals surface area (Å²) in [4.78, 5) is 4.75. The molecule has 6 nitrogen and oxygen atoms in total. The summed E-state index contributed by atoms with van der Waals surface area (Å²) in [7, 11) is 0. The molecule has 6 heteroatoms. The lowest BCUT2D eigenvalue weighted by Crippen LogP contribution is -2.31. The number of hydrogen-bond donors (Lipinski definition) is 2. The molecule has 3 heterocycles. The van der Waals surface area contributed by atoms with Gasteiger partial charge in [-0.15, -0.1) is 0 Å². The molecule has 0 fully saturated rings. The Kier molecular flexibility index (Phi) is 5.86. The van der Waals surface area contributed by atoms with Crippen molar-refractivity contribution in [3.63, 3.8) is 0 Å². The van der Waals surface area contributed by atoms with Crippen LogP contribution >= 0.6 is 0 Å². The summed E-state index contributed by atoms with van der Waals surface area (Å²) in [6.45, 7) is 7.79. The summed E-state index contributed by atoms with van der Waals surface area (Å²) in [6.07, 6.45) is 3.97. The standard InChI is InChI=1S/C28H30N5O/c1-20-31-33(24-11-9-21(10-12-24)16-29-18-28(2,3)19-34)27-25-15-23(22-7-5-4-6-8-22)17-30-26(25)13-14-32(20)27/h4-15,17,29,34H,16,18-19H2,1-3H3/q+1. The van der Waals surface area contributed by atoms with Crippen molar-refractivity contribution in [1.82, 2.24) is 20.1 Å². The number of aliphatic hydroxyl groups excluding tert-OH is 1. The molecule has 0 atom stereocenters. The van der Waals surface area contributed by atoms with Crippen LogP contribution in [0.2, 0.25) is 0 Å². The lowest BCUT2D eigenvalue weighted by molar-refractivity contribution is -0.519. The van der Waals surface area contributed by atoms with Gasteiger partial charge < -0.3 is 10.4 Å². The molecule has 2 N–H and O–H groups in total. The first-order valence-corrected chi connectivity index (χ1v) is 11.6. The van der Waals surface area contributed by atoms with Gasteiger partial charge in [0, 0.05) is 48.9 Å². The molecule has 2 aromatic carbocycles. The van der Waals surface area contributed by atoms with Crippen LogP contribution in [0.15, 0.2) is 79.1 Å². The lowest BCUT2D eigenvalue weighted by atomic mass is 9.95. The number of rotatable bonds is 7. The first-order chi connectivity index (χ1) is 16.4. The Bertz CT molecular complexity index is 1440. The summed E-state index contributed by atoms with van der Waals surface area (Å²) in [6, 6.07) is 23.0. The van der Waals surface area contributed by atoms with E-state index in [2.05, 4.69) is 52.2 Å². The van der Waals surface area contributed by atoms with Crippen LogP contribution in [0.4, 0.5) is 0 Å². The van der Waals surface area contributed by atoms with Gasteiger partial charge in [-0.3, -0.25) is 4.98 Å². The molecule has 34 heavy (non-hydrogen) atoms. The highest BCUT2D eigenvalue weighted by atomic mass is 16.3. The fraction of sp³-hybridized carbons (Fsp3) is 0.250. The number of nitrogens with one attached hydrogen (secondary N) is 1. The van der Waals surface area contributed by atoms with Crippen molar-refractivity contribution in [2.24, 2.45) is 5.41 Å². The SMILES string of the molecule is Cc1nn(-c2ccc(CNCC(C)(C)CO)cc2)c2c3cc(-c4ccccc4)cnc3cc[n+]12. The van der Waals surface area contributed by atoms with Gasteiger partial charge >= 0.3 is 0 Å². The van der Waals surface area contributed by atoms with Gasteiger partial charge in [-0.25, -0.2) is 4.40 Å². The third-order valence-corrected chi connectivity index (χ3v) is 6.21. The molecule has 0 saturated heterocycles. The molecule has 5 rings (SSSR count). The Morgan fingerprint density at radius 3 is 2.50 bits per heavy atom. The third-order valence-electron chi connectivity index (χ3n) is 6.21. The molecule has 0 saturated carbocycles. The van der Waals surface area contributed by atoms with E-state index in [1.807, 2.05) is 62.1 Å². The summed E-state index contributed by atoms with van der Waals surface area (Å²) in [5.74, 6) is 0.916. The van der Waals surface area contributed by atoms with E-state index < -0.39 is 0 Å². The van der Waals surface area contributed by atoms with E-state index in [1.165, 1.54) is 5.56 Å². The zero-order valence-corrected chi connectivity index (χ0v) is 19.9. The first-order valence-electron chi connectivity index (χ1n) is 11.6. The van der Waals surface area contributed by atoms with Gasteiger partial charge in [-0.1, -0.05) is 61.0 Å². The molecule has 0 aliphatic carbocycles. The molecule has 172 valence electrons. The lowest BCUT2D eigenvalue weighted by Gasteiger charge is -2.21. The van der Waals surface area contributed by atoms with Crippen LogP contribution in [-0.2, 0) is 6.54 Å². The summed E-state index contributed by atoms with van der Waals surface area (Å²) in [5, 5.41) is 18.8. The van der Waals surface area contributed by atoms with Gasteiger partial charge in [-0.05, 0) is 35.4 Å². The van der Waals surface area contributed by atoms with E-state index >= 15 is 0 Å². The van der Waals surface area contributed by atoms with Gasteiger partial charge in [0.1, 0.15) is 5.69 Å². The third kappa shape index (κ3) is 4.30. The minimum absolute atomic E-state index is 0.129. The maximum absolute atomic E-state index is 9.44. The summed E-state index contributed by atoms with van der Waals surface area (Å²) in [5.41, 5.74) is 6.22. The normalized spacial score (nSPS) is 12.0. The number of pyridine rings is 2. The predicted molar refractivity (Wildman–Crippen MR) is 135 cm³/mol. The molecule has 0 amide bonds. The molecule has 0 bridgehead atoms. The topological polar surface area (TPSA) is 67.1 Å². The highest BCUT2D eigenvalue weighted by Crippen LogP contribution is 2.25. The Morgan fingerprint density at radius 2 is 1.76 bits per heavy atom. The number of benzene rings is 2. The van der Waals surface area contributed by atoms with Gasteiger partial charge in [0.25, 0.3) is 11.5 Å². The number of aryl methyl sites for hydroxylation is 1. The molecule has 0 spiro atoms. The fourth-order valence-electron chi connectivity index (χ4n) is 4.17. The second-order valence-corrected chi connectivity index (χ2v) is 9.58. The van der Waals surface area contributed by atoms with E-state index in [0.29, 0.717) is 0 Å². The number of aliphatic hydroxyl groups is 1. The van der Waals surface area contributed by atoms with E-state index in [0.717, 1.165) is 52.3 Å². The van der Waals surface area contributed by atoms with Crippen molar-refractivity contribution in [3.05, 3.63) is 90.5 Å². The average Bonchev–Trinajstić information content (AvgIpc) is 3.21. The van der Waals surface area contributed by atoms with E-state index in [4.69, 9.17) is 10.1 Å². The van der Waals surface area contributed by atoms with Gasteiger partial charge in [0.15, 0.2) is 0 Å². The van der Waals surface area contributed by atoms with Crippen LogP contribution in [0.5, 0.6) is 0 Å². The predicted octanol–water partition coefficient (Wildman–Crippen LogP) is 4.24. The first kappa shape index (κ1) is 22.2. The Hall–Kier alpha value is -3.61. The van der Waals surface area contributed by atoms with E-state index in [1.54, 1.807) is 0 Å². The Balaban J connectivity index is 1.52. The van der Waals surface area contributed by atoms with Gasteiger partial charge in [0.2, 0.25) is 0 Å². The molecule has 3 aromatic heterocycles. The molecule has 0 radical (unpaired) electrons. The van der Waals surface area contributed by atoms with E-state index in [-0.39, 0.29) is 12.0 Å². The number of aromatic nitrogens is 4. The highest BCUT2D eigenvalue weighted by molar-refractivity contribution is 5.92. The highest BCUT2D eigenvalue weighted by Gasteiger charge is 2.22. The van der Waals surface area contributed by atoms with Crippen molar-refractivity contribution in [1.29, 1.82) is 0 Å². The molecule has 0 aliphatic heterocycles. The number of nitrogens with zero attached hydrogens (tertiary/aromatic N) is 4. The molecule has 0 aliphatic rings. The molecule has 0 unspecified atom stereocenters.